The largest absolute Gasteiger partial charge is 0.322 e. The summed E-state index contributed by atoms with van der Waals surface area (Å²) in [7, 11) is 0. The molecule has 1 heterocycles. The standard InChI is InChI=1S/C14H26N2O/c1-6-10-7-11(10)16-13(9(4)5)15-12(8(2)3)14(16)17/h8-13,15H,6-7H2,1-5H3. The van der Waals surface area contributed by atoms with Crippen LogP contribution in [0.5, 0.6) is 0 Å². The molecule has 3 nitrogen and oxygen atoms in total. The Kier molecular flexibility index (Phi) is 3.48. The summed E-state index contributed by atoms with van der Waals surface area (Å²) in [6, 6.07) is 0.539. The molecule has 4 atom stereocenters. The predicted octanol–water partition coefficient (Wildman–Crippen LogP) is 2.22. The van der Waals surface area contributed by atoms with Gasteiger partial charge in [0.1, 0.15) is 0 Å². The van der Waals surface area contributed by atoms with E-state index in [2.05, 4.69) is 44.8 Å². The molecule has 1 saturated heterocycles. The molecule has 0 bridgehead atoms. The van der Waals surface area contributed by atoms with E-state index in [1.165, 1.54) is 12.8 Å². The Morgan fingerprint density at radius 1 is 1.29 bits per heavy atom. The first-order chi connectivity index (χ1) is 7.97. The van der Waals surface area contributed by atoms with Crippen LogP contribution in [0.2, 0.25) is 0 Å². The fraction of sp³-hybridized carbons (Fsp3) is 0.929. The summed E-state index contributed by atoms with van der Waals surface area (Å²) in [5.41, 5.74) is 0. The Labute approximate surface area is 105 Å². The third kappa shape index (κ3) is 2.22. The van der Waals surface area contributed by atoms with Crippen LogP contribution in [0.4, 0.5) is 0 Å². The van der Waals surface area contributed by atoms with Crippen molar-refractivity contribution in [3.63, 3.8) is 0 Å². The van der Waals surface area contributed by atoms with E-state index in [4.69, 9.17) is 0 Å². The number of carbonyl (C=O) groups excluding carboxylic acids is 1. The van der Waals surface area contributed by atoms with Gasteiger partial charge >= 0.3 is 0 Å². The molecule has 3 heteroatoms. The van der Waals surface area contributed by atoms with Crippen LogP contribution in [-0.2, 0) is 4.79 Å². The summed E-state index contributed by atoms with van der Waals surface area (Å²) in [5, 5.41) is 3.53. The molecule has 0 aromatic rings. The molecule has 1 aliphatic carbocycles. The summed E-state index contributed by atoms with van der Waals surface area (Å²) in [6.07, 6.45) is 2.65. The van der Waals surface area contributed by atoms with Gasteiger partial charge < -0.3 is 4.90 Å². The monoisotopic (exact) mass is 238 g/mol. The van der Waals surface area contributed by atoms with Crippen LogP contribution in [-0.4, -0.2) is 29.1 Å². The van der Waals surface area contributed by atoms with Crippen molar-refractivity contribution < 1.29 is 4.79 Å². The minimum Gasteiger partial charge on any atom is -0.322 e. The SMILES string of the molecule is CCC1CC1N1C(=O)C(C(C)C)NC1C(C)C. The van der Waals surface area contributed by atoms with Crippen molar-refractivity contribution in [3.05, 3.63) is 0 Å². The highest BCUT2D eigenvalue weighted by Gasteiger charge is 2.51. The van der Waals surface area contributed by atoms with Crippen molar-refractivity contribution in [2.45, 2.75) is 65.7 Å². The summed E-state index contributed by atoms with van der Waals surface area (Å²) >= 11 is 0. The van der Waals surface area contributed by atoms with E-state index in [0.717, 1.165) is 5.92 Å². The van der Waals surface area contributed by atoms with Gasteiger partial charge in [0.05, 0.1) is 12.2 Å². The van der Waals surface area contributed by atoms with E-state index in [9.17, 15) is 4.79 Å². The van der Waals surface area contributed by atoms with E-state index in [1.807, 2.05) is 0 Å². The quantitative estimate of drug-likeness (QED) is 0.814. The second kappa shape index (κ2) is 4.60. The van der Waals surface area contributed by atoms with Gasteiger partial charge in [-0.2, -0.15) is 0 Å². The molecule has 98 valence electrons. The molecule has 0 aromatic carbocycles. The molecule has 1 aliphatic heterocycles. The molecule has 2 fully saturated rings. The van der Waals surface area contributed by atoms with Gasteiger partial charge in [-0.15, -0.1) is 0 Å². The summed E-state index contributed by atoms with van der Waals surface area (Å²) in [4.78, 5) is 14.6. The lowest BCUT2D eigenvalue weighted by atomic mass is 10.0. The van der Waals surface area contributed by atoms with Crippen LogP contribution in [0.3, 0.4) is 0 Å². The summed E-state index contributed by atoms with van der Waals surface area (Å²) < 4.78 is 0. The lowest BCUT2D eigenvalue weighted by Crippen LogP contribution is -2.43. The molecule has 0 spiro atoms. The fourth-order valence-corrected chi connectivity index (χ4v) is 3.01. The van der Waals surface area contributed by atoms with Gasteiger partial charge in [-0.05, 0) is 24.2 Å². The fourth-order valence-electron chi connectivity index (χ4n) is 3.01. The molecule has 4 unspecified atom stereocenters. The van der Waals surface area contributed by atoms with Crippen molar-refractivity contribution >= 4 is 5.91 Å². The first kappa shape index (κ1) is 12.9. The Morgan fingerprint density at radius 3 is 2.35 bits per heavy atom. The van der Waals surface area contributed by atoms with Crippen LogP contribution in [0.1, 0.15) is 47.5 Å². The molecule has 0 aromatic heterocycles. The molecule has 2 rings (SSSR count). The number of carbonyl (C=O) groups is 1. The van der Waals surface area contributed by atoms with Gasteiger partial charge in [0.25, 0.3) is 0 Å². The van der Waals surface area contributed by atoms with Crippen molar-refractivity contribution in [1.82, 2.24) is 10.2 Å². The van der Waals surface area contributed by atoms with Crippen molar-refractivity contribution in [1.29, 1.82) is 0 Å². The minimum atomic E-state index is 0.0282. The van der Waals surface area contributed by atoms with E-state index in [1.54, 1.807) is 0 Å². The summed E-state index contributed by atoms with van der Waals surface area (Å²) in [6.45, 7) is 10.9. The Morgan fingerprint density at radius 2 is 1.94 bits per heavy atom. The maximum atomic E-state index is 12.5. The van der Waals surface area contributed by atoms with Crippen molar-refractivity contribution in [3.8, 4) is 0 Å². The Hall–Kier alpha value is -0.570. The van der Waals surface area contributed by atoms with Crippen LogP contribution in [0.15, 0.2) is 0 Å². The summed E-state index contributed by atoms with van der Waals surface area (Å²) in [5.74, 6) is 1.95. The number of nitrogens with one attached hydrogen (secondary N) is 1. The molecule has 1 amide bonds. The maximum Gasteiger partial charge on any atom is 0.241 e. The van der Waals surface area contributed by atoms with Crippen LogP contribution in [0.25, 0.3) is 0 Å². The van der Waals surface area contributed by atoms with Crippen LogP contribution >= 0.6 is 0 Å². The average molecular weight is 238 g/mol. The second-order valence-electron chi connectivity index (χ2n) is 6.29. The number of amides is 1. The molecular formula is C14H26N2O. The highest BCUT2D eigenvalue weighted by Crippen LogP contribution is 2.42. The first-order valence-corrected chi connectivity index (χ1v) is 7.05. The average Bonchev–Trinajstić information content (AvgIpc) is 2.94. The van der Waals surface area contributed by atoms with Gasteiger partial charge in [0.15, 0.2) is 0 Å². The van der Waals surface area contributed by atoms with Gasteiger partial charge in [-0.3, -0.25) is 10.1 Å². The number of hydrogen-bond donors (Lipinski definition) is 1. The molecule has 1 N–H and O–H groups in total. The molecule has 0 radical (unpaired) electrons. The predicted molar refractivity (Wildman–Crippen MR) is 69.4 cm³/mol. The minimum absolute atomic E-state index is 0.0282. The van der Waals surface area contributed by atoms with E-state index < -0.39 is 0 Å². The van der Waals surface area contributed by atoms with Gasteiger partial charge in [0, 0.05) is 6.04 Å². The van der Waals surface area contributed by atoms with Crippen LogP contribution in [0, 0.1) is 17.8 Å². The molecule has 17 heavy (non-hydrogen) atoms. The number of rotatable bonds is 4. The van der Waals surface area contributed by atoms with Crippen LogP contribution < -0.4 is 5.32 Å². The second-order valence-corrected chi connectivity index (χ2v) is 6.29. The third-order valence-corrected chi connectivity index (χ3v) is 4.24. The molecule has 2 aliphatic rings. The smallest absolute Gasteiger partial charge is 0.241 e. The van der Waals surface area contributed by atoms with Crippen molar-refractivity contribution in [2.24, 2.45) is 17.8 Å². The normalized spacial score (nSPS) is 37.4. The zero-order chi connectivity index (χ0) is 12.7. The van der Waals surface area contributed by atoms with Gasteiger partial charge in [-0.1, -0.05) is 41.0 Å². The maximum absolute atomic E-state index is 12.5. The zero-order valence-electron chi connectivity index (χ0n) is 11.7. The van der Waals surface area contributed by atoms with E-state index in [0.29, 0.717) is 23.8 Å². The van der Waals surface area contributed by atoms with Gasteiger partial charge in [-0.25, -0.2) is 0 Å². The topological polar surface area (TPSA) is 32.3 Å². The third-order valence-electron chi connectivity index (χ3n) is 4.24. The molecule has 1 saturated carbocycles. The highest BCUT2D eigenvalue weighted by atomic mass is 16.2. The lowest BCUT2D eigenvalue weighted by molar-refractivity contribution is -0.132. The lowest BCUT2D eigenvalue weighted by Gasteiger charge is -2.27. The Bertz CT molecular complexity index is 301. The van der Waals surface area contributed by atoms with Crippen molar-refractivity contribution in [2.75, 3.05) is 0 Å². The first-order valence-electron chi connectivity index (χ1n) is 7.05. The van der Waals surface area contributed by atoms with E-state index >= 15 is 0 Å². The highest BCUT2D eigenvalue weighted by molar-refractivity contribution is 5.85. The number of hydrogen-bond acceptors (Lipinski definition) is 2. The zero-order valence-corrected chi connectivity index (χ0v) is 11.7. The van der Waals surface area contributed by atoms with Gasteiger partial charge in [0.2, 0.25) is 5.91 Å². The Balaban J connectivity index is 2.13. The number of nitrogens with zero attached hydrogens (tertiary/aromatic N) is 1. The molecular weight excluding hydrogens is 212 g/mol. The van der Waals surface area contributed by atoms with E-state index in [-0.39, 0.29) is 12.2 Å².